The van der Waals surface area contributed by atoms with Gasteiger partial charge in [0.25, 0.3) is 5.91 Å². The molecule has 0 saturated carbocycles. The highest BCUT2D eigenvalue weighted by atomic mass is 35.5. The maximum atomic E-state index is 12.6. The lowest BCUT2D eigenvalue weighted by Gasteiger charge is -2.22. The predicted octanol–water partition coefficient (Wildman–Crippen LogP) is 4.41. The smallest absolute Gasteiger partial charge is 0.252 e. The predicted molar refractivity (Wildman–Crippen MR) is 95.3 cm³/mol. The second kappa shape index (κ2) is 7.65. The van der Waals surface area contributed by atoms with Gasteiger partial charge in [0.2, 0.25) is 0 Å². The van der Waals surface area contributed by atoms with Gasteiger partial charge in [0.15, 0.2) is 0 Å². The number of hydrogen-bond acceptors (Lipinski definition) is 3. The topological polar surface area (TPSA) is 41.1 Å². The van der Waals surface area contributed by atoms with Crippen molar-refractivity contribution in [3.05, 3.63) is 51.7 Å². The van der Waals surface area contributed by atoms with E-state index in [-0.39, 0.29) is 24.4 Å². The minimum atomic E-state index is 0. The van der Waals surface area contributed by atoms with Gasteiger partial charge < -0.3 is 10.6 Å². The van der Waals surface area contributed by atoms with Crippen molar-refractivity contribution >= 4 is 35.3 Å². The Morgan fingerprint density at radius 3 is 2.95 bits per heavy atom. The van der Waals surface area contributed by atoms with Crippen molar-refractivity contribution in [3.63, 3.8) is 0 Å². The highest BCUT2D eigenvalue weighted by Gasteiger charge is 2.20. The number of thiophene rings is 1. The zero-order valence-electron chi connectivity index (χ0n) is 12.6. The summed E-state index contributed by atoms with van der Waals surface area (Å²) < 4.78 is 0. The average Bonchev–Trinajstić information content (AvgIpc) is 3.06. The maximum Gasteiger partial charge on any atom is 0.252 e. The third-order valence-corrected chi connectivity index (χ3v) is 4.93. The molecule has 1 unspecified atom stereocenters. The number of rotatable bonds is 4. The monoisotopic (exact) mass is 336 g/mol. The molecular weight excluding hydrogens is 316 g/mol. The number of anilines is 1. The van der Waals surface area contributed by atoms with Crippen molar-refractivity contribution in [2.75, 3.05) is 11.9 Å². The Balaban J connectivity index is 0.00000176. The zero-order valence-corrected chi connectivity index (χ0v) is 14.2. The molecule has 118 valence electrons. The van der Waals surface area contributed by atoms with Gasteiger partial charge >= 0.3 is 0 Å². The first kappa shape index (κ1) is 16.8. The van der Waals surface area contributed by atoms with Crippen molar-refractivity contribution in [1.29, 1.82) is 0 Å². The van der Waals surface area contributed by atoms with Crippen LogP contribution in [-0.2, 0) is 6.42 Å². The van der Waals surface area contributed by atoms with Crippen molar-refractivity contribution in [3.8, 4) is 0 Å². The summed E-state index contributed by atoms with van der Waals surface area (Å²) in [6, 6.07) is 10.2. The summed E-state index contributed by atoms with van der Waals surface area (Å²) in [5.41, 5.74) is 3.08. The molecule has 2 aromatic rings. The molecule has 1 atom stereocenters. The quantitative estimate of drug-likeness (QED) is 0.868. The molecule has 1 aliphatic rings. The van der Waals surface area contributed by atoms with Gasteiger partial charge in [-0.25, -0.2) is 0 Å². The van der Waals surface area contributed by atoms with Crippen LogP contribution in [0.15, 0.2) is 35.7 Å². The Bertz CT molecular complexity index is 628. The third kappa shape index (κ3) is 3.45. The first-order chi connectivity index (χ1) is 10.3. The lowest BCUT2D eigenvalue weighted by atomic mass is 9.97. The second-order valence-corrected chi connectivity index (χ2v) is 6.29. The van der Waals surface area contributed by atoms with Gasteiger partial charge in [-0.15, -0.1) is 23.7 Å². The van der Waals surface area contributed by atoms with Gasteiger partial charge in [-0.3, -0.25) is 4.79 Å². The summed E-state index contributed by atoms with van der Waals surface area (Å²) in [6.07, 6.45) is 2.96. The molecule has 0 fully saturated rings. The molecule has 0 radical (unpaired) electrons. The van der Waals surface area contributed by atoms with Crippen LogP contribution in [0.5, 0.6) is 0 Å². The van der Waals surface area contributed by atoms with Gasteiger partial charge in [-0.2, -0.15) is 0 Å². The standard InChI is InChI=1S/C17H20N2OS.ClH/c1-2-14(16-9-5-11-21-16)19-17(20)13-6-3-8-15-12(13)7-4-10-18-15;/h3,5-6,8-9,11,14,18H,2,4,7,10H2,1H3,(H,19,20);1H. The highest BCUT2D eigenvalue weighted by molar-refractivity contribution is 7.10. The molecule has 22 heavy (non-hydrogen) atoms. The lowest BCUT2D eigenvalue weighted by Crippen LogP contribution is -2.29. The number of halogens is 1. The van der Waals surface area contributed by atoms with E-state index in [1.807, 2.05) is 18.2 Å². The van der Waals surface area contributed by atoms with Crippen LogP contribution in [0.2, 0.25) is 0 Å². The minimum absolute atomic E-state index is 0. The maximum absolute atomic E-state index is 12.6. The number of fused-ring (bicyclic) bond motifs is 1. The van der Waals surface area contributed by atoms with E-state index in [9.17, 15) is 4.79 Å². The van der Waals surface area contributed by atoms with Gasteiger partial charge in [0.1, 0.15) is 0 Å². The number of nitrogens with one attached hydrogen (secondary N) is 2. The fourth-order valence-electron chi connectivity index (χ4n) is 2.82. The van der Waals surface area contributed by atoms with Crippen LogP contribution in [0.25, 0.3) is 0 Å². The van der Waals surface area contributed by atoms with Crippen molar-refractivity contribution in [2.24, 2.45) is 0 Å². The number of amides is 1. The van der Waals surface area contributed by atoms with Crippen LogP contribution in [-0.4, -0.2) is 12.5 Å². The van der Waals surface area contributed by atoms with E-state index in [1.165, 1.54) is 4.88 Å². The van der Waals surface area contributed by atoms with Crippen LogP contribution >= 0.6 is 23.7 Å². The van der Waals surface area contributed by atoms with Crippen LogP contribution in [0.1, 0.15) is 46.6 Å². The SMILES string of the molecule is CCC(NC(=O)c1cccc2c1CCCN2)c1cccs1.Cl. The van der Waals surface area contributed by atoms with E-state index in [1.54, 1.807) is 11.3 Å². The van der Waals surface area contributed by atoms with Crippen LogP contribution in [0.3, 0.4) is 0 Å². The summed E-state index contributed by atoms with van der Waals surface area (Å²) in [4.78, 5) is 13.9. The summed E-state index contributed by atoms with van der Waals surface area (Å²) in [7, 11) is 0. The van der Waals surface area contributed by atoms with E-state index >= 15 is 0 Å². The van der Waals surface area contributed by atoms with Crippen molar-refractivity contribution in [2.45, 2.75) is 32.2 Å². The number of hydrogen-bond donors (Lipinski definition) is 2. The van der Waals surface area contributed by atoms with Gasteiger partial charge in [-0.05, 0) is 48.4 Å². The molecule has 0 spiro atoms. The molecule has 3 nitrogen and oxygen atoms in total. The molecule has 1 aromatic carbocycles. The molecule has 1 amide bonds. The summed E-state index contributed by atoms with van der Waals surface area (Å²) in [5.74, 6) is 0.0378. The van der Waals surface area contributed by atoms with E-state index in [0.717, 1.165) is 42.6 Å². The Morgan fingerprint density at radius 1 is 1.36 bits per heavy atom. The molecule has 2 heterocycles. The Kier molecular flexibility index (Phi) is 5.86. The summed E-state index contributed by atoms with van der Waals surface area (Å²) in [5, 5.41) is 8.61. The van der Waals surface area contributed by atoms with Gasteiger partial charge in [0.05, 0.1) is 6.04 Å². The number of carbonyl (C=O) groups is 1. The molecule has 5 heteroatoms. The third-order valence-electron chi connectivity index (χ3n) is 3.94. The fourth-order valence-corrected chi connectivity index (χ4v) is 3.68. The highest BCUT2D eigenvalue weighted by Crippen LogP contribution is 2.27. The Hall–Kier alpha value is -1.52. The van der Waals surface area contributed by atoms with Gasteiger partial charge in [0, 0.05) is 22.7 Å². The van der Waals surface area contributed by atoms with Crippen molar-refractivity contribution in [1.82, 2.24) is 5.32 Å². The molecule has 1 aliphatic heterocycles. The first-order valence-corrected chi connectivity index (χ1v) is 8.37. The number of carbonyl (C=O) groups excluding carboxylic acids is 1. The van der Waals surface area contributed by atoms with Crippen LogP contribution in [0.4, 0.5) is 5.69 Å². The molecule has 1 aromatic heterocycles. The van der Waals surface area contributed by atoms with Gasteiger partial charge in [-0.1, -0.05) is 19.1 Å². The average molecular weight is 337 g/mol. The summed E-state index contributed by atoms with van der Waals surface area (Å²) >= 11 is 1.69. The normalized spacial score (nSPS) is 14.2. The molecule has 3 rings (SSSR count). The lowest BCUT2D eigenvalue weighted by molar-refractivity contribution is 0.0935. The Morgan fingerprint density at radius 2 is 2.23 bits per heavy atom. The molecule has 2 N–H and O–H groups in total. The van der Waals surface area contributed by atoms with E-state index in [4.69, 9.17) is 0 Å². The number of benzene rings is 1. The largest absolute Gasteiger partial charge is 0.385 e. The first-order valence-electron chi connectivity index (χ1n) is 7.49. The van der Waals surface area contributed by atoms with Crippen molar-refractivity contribution < 1.29 is 4.79 Å². The van der Waals surface area contributed by atoms with E-state index in [2.05, 4.69) is 35.1 Å². The Labute approximate surface area is 141 Å². The van der Waals surface area contributed by atoms with Crippen LogP contribution in [0, 0.1) is 0 Å². The van der Waals surface area contributed by atoms with E-state index in [0.29, 0.717) is 0 Å². The fraction of sp³-hybridized carbons (Fsp3) is 0.353. The molecule has 0 aliphatic carbocycles. The zero-order chi connectivity index (χ0) is 14.7. The summed E-state index contributed by atoms with van der Waals surface area (Å²) in [6.45, 7) is 3.09. The van der Waals surface area contributed by atoms with E-state index < -0.39 is 0 Å². The molecule has 0 bridgehead atoms. The minimum Gasteiger partial charge on any atom is -0.385 e. The van der Waals surface area contributed by atoms with Crippen LogP contribution < -0.4 is 10.6 Å². The molecular formula is C17H21ClN2OS. The second-order valence-electron chi connectivity index (χ2n) is 5.31. The molecule has 0 saturated heterocycles.